The Morgan fingerprint density at radius 1 is 1.31 bits per heavy atom. The monoisotopic (exact) mass is 241 g/mol. The third-order valence-electron chi connectivity index (χ3n) is 3.98. The zero-order valence-corrected chi connectivity index (χ0v) is 11.1. The van der Waals surface area contributed by atoms with Crippen LogP contribution in [-0.2, 0) is 4.79 Å². The van der Waals surface area contributed by atoms with Gasteiger partial charge in [-0.3, -0.25) is 9.69 Å². The van der Waals surface area contributed by atoms with Crippen LogP contribution in [0.2, 0.25) is 0 Å². The fourth-order valence-corrected chi connectivity index (χ4v) is 4.08. The van der Waals surface area contributed by atoms with Crippen LogP contribution < -0.4 is 0 Å². The van der Waals surface area contributed by atoms with E-state index in [1.807, 2.05) is 11.8 Å². The second-order valence-electron chi connectivity index (χ2n) is 5.25. The summed E-state index contributed by atoms with van der Waals surface area (Å²) in [6.07, 6.45) is 7.48. The molecule has 0 bridgehead atoms. The number of hydrogen-bond acceptors (Lipinski definition) is 3. The van der Waals surface area contributed by atoms with Gasteiger partial charge in [-0.25, -0.2) is 0 Å². The lowest BCUT2D eigenvalue weighted by Gasteiger charge is -2.32. The van der Waals surface area contributed by atoms with Gasteiger partial charge in [-0.1, -0.05) is 32.1 Å². The zero-order chi connectivity index (χ0) is 11.4. The summed E-state index contributed by atoms with van der Waals surface area (Å²) in [6, 6.07) is 0.209. The summed E-state index contributed by atoms with van der Waals surface area (Å²) in [6.45, 7) is 1.08. The molecule has 1 saturated heterocycles. The van der Waals surface area contributed by atoms with Gasteiger partial charge in [0, 0.05) is 24.5 Å². The molecule has 2 rings (SSSR count). The molecule has 0 aromatic carbocycles. The Morgan fingerprint density at radius 3 is 2.75 bits per heavy atom. The van der Waals surface area contributed by atoms with E-state index in [1.165, 1.54) is 37.9 Å². The standard InChI is InChI=1S/C13H23NOS/c1-14-7-8-16-10-12(14)13(15)9-11-5-3-2-4-6-11/h11-12H,2-10H2,1H3. The average Bonchev–Trinajstić information content (AvgIpc) is 2.31. The Kier molecular flexibility index (Phi) is 4.71. The van der Waals surface area contributed by atoms with Crippen molar-refractivity contribution in [2.45, 2.75) is 44.6 Å². The summed E-state index contributed by atoms with van der Waals surface area (Å²) < 4.78 is 0. The first-order valence-corrected chi connectivity index (χ1v) is 7.73. The fraction of sp³-hybridized carbons (Fsp3) is 0.923. The molecule has 1 aliphatic carbocycles. The molecule has 1 atom stereocenters. The first-order valence-electron chi connectivity index (χ1n) is 6.58. The predicted molar refractivity (Wildman–Crippen MR) is 69.9 cm³/mol. The SMILES string of the molecule is CN1CCSCC1C(=O)CC1CCCCC1. The van der Waals surface area contributed by atoms with E-state index in [2.05, 4.69) is 11.9 Å². The van der Waals surface area contributed by atoms with Gasteiger partial charge in [0.25, 0.3) is 0 Å². The van der Waals surface area contributed by atoms with Crippen molar-refractivity contribution in [1.82, 2.24) is 4.90 Å². The van der Waals surface area contributed by atoms with Gasteiger partial charge in [0.1, 0.15) is 0 Å². The minimum atomic E-state index is 0.209. The van der Waals surface area contributed by atoms with Crippen LogP contribution in [-0.4, -0.2) is 41.8 Å². The smallest absolute Gasteiger partial charge is 0.151 e. The summed E-state index contributed by atoms with van der Waals surface area (Å²) in [5.41, 5.74) is 0. The minimum Gasteiger partial charge on any atom is -0.298 e. The van der Waals surface area contributed by atoms with Gasteiger partial charge in [-0.2, -0.15) is 11.8 Å². The quantitative estimate of drug-likeness (QED) is 0.757. The molecule has 0 amide bonds. The van der Waals surface area contributed by atoms with Gasteiger partial charge in [0.05, 0.1) is 6.04 Å². The number of Topliss-reactive ketones (excluding diaryl/α,β-unsaturated/α-hetero) is 1. The second kappa shape index (κ2) is 6.06. The molecule has 0 aromatic rings. The molecule has 3 heteroatoms. The molecule has 1 unspecified atom stereocenters. The first kappa shape index (κ1) is 12.4. The van der Waals surface area contributed by atoms with Crippen molar-refractivity contribution < 1.29 is 4.79 Å². The summed E-state index contributed by atoms with van der Waals surface area (Å²) in [7, 11) is 2.10. The van der Waals surface area contributed by atoms with Crippen LogP contribution in [0.5, 0.6) is 0 Å². The molecule has 0 N–H and O–H groups in total. The molecule has 0 radical (unpaired) electrons. The maximum Gasteiger partial charge on any atom is 0.151 e. The molecule has 1 heterocycles. The number of ketones is 1. The summed E-state index contributed by atoms with van der Waals surface area (Å²) in [5, 5.41) is 0. The van der Waals surface area contributed by atoms with Crippen molar-refractivity contribution in [3.05, 3.63) is 0 Å². The van der Waals surface area contributed by atoms with Gasteiger partial charge in [0.2, 0.25) is 0 Å². The maximum atomic E-state index is 12.2. The number of rotatable bonds is 3. The van der Waals surface area contributed by atoms with Crippen molar-refractivity contribution in [1.29, 1.82) is 0 Å². The van der Waals surface area contributed by atoms with Crippen LogP contribution >= 0.6 is 11.8 Å². The Labute approximate surface area is 103 Å². The van der Waals surface area contributed by atoms with Gasteiger partial charge < -0.3 is 0 Å². The molecule has 2 nitrogen and oxygen atoms in total. The number of hydrogen-bond donors (Lipinski definition) is 0. The fourth-order valence-electron chi connectivity index (χ4n) is 2.84. The normalized spacial score (nSPS) is 29.2. The second-order valence-corrected chi connectivity index (χ2v) is 6.40. The van der Waals surface area contributed by atoms with Gasteiger partial charge in [0.15, 0.2) is 5.78 Å². The topological polar surface area (TPSA) is 20.3 Å². The van der Waals surface area contributed by atoms with Crippen LogP contribution in [0, 0.1) is 5.92 Å². The molecule has 1 aliphatic heterocycles. The van der Waals surface area contributed by atoms with Crippen molar-refractivity contribution in [2.24, 2.45) is 5.92 Å². The van der Waals surface area contributed by atoms with Gasteiger partial charge in [-0.05, 0) is 13.0 Å². The highest BCUT2D eigenvalue weighted by molar-refractivity contribution is 7.99. The Hall–Kier alpha value is -0.0200. The molecule has 1 saturated carbocycles. The van der Waals surface area contributed by atoms with Gasteiger partial charge in [-0.15, -0.1) is 0 Å². The predicted octanol–water partition coefficient (Wildman–Crippen LogP) is 2.57. The summed E-state index contributed by atoms with van der Waals surface area (Å²) in [5.74, 6) is 3.40. The average molecular weight is 241 g/mol. The van der Waals surface area contributed by atoms with Crippen LogP contribution in [0.25, 0.3) is 0 Å². The Balaban J connectivity index is 1.81. The molecular formula is C13H23NOS. The van der Waals surface area contributed by atoms with E-state index in [0.29, 0.717) is 11.7 Å². The van der Waals surface area contributed by atoms with E-state index in [4.69, 9.17) is 0 Å². The number of nitrogens with zero attached hydrogens (tertiary/aromatic N) is 1. The number of thioether (sulfide) groups is 1. The third kappa shape index (κ3) is 3.24. The molecule has 2 aliphatic rings. The van der Waals surface area contributed by atoms with E-state index in [1.54, 1.807) is 0 Å². The van der Waals surface area contributed by atoms with Gasteiger partial charge >= 0.3 is 0 Å². The van der Waals surface area contributed by atoms with E-state index in [0.717, 1.165) is 18.7 Å². The van der Waals surface area contributed by atoms with Crippen molar-refractivity contribution in [3.8, 4) is 0 Å². The van der Waals surface area contributed by atoms with E-state index >= 15 is 0 Å². The van der Waals surface area contributed by atoms with E-state index < -0.39 is 0 Å². The molecular weight excluding hydrogens is 218 g/mol. The van der Waals surface area contributed by atoms with E-state index in [9.17, 15) is 4.79 Å². The lowest BCUT2D eigenvalue weighted by Crippen LogP contribution is -2.45. The molecule has 0 spiro atoms. The van der Waals surface area contributed by atoms with Crippen LogP contribution in [0.4, 0.5) is 0 Å². The number of carbonyl (C=O) groups excluding carboxylic acids is 1. The first-order chi connectivity index (χ1) is 7.77. The number of likely N-dealkylation sites (N-methyl/N-ethyl adjacent to an activating group) is 1. The molecule has 16 heavy (non-hydrogen) atoms. The highest BCUT2D eigenvalue weighted by Crippen LogP contribution is 2.28. The van der Waals surface area contributed by atoms with Crippen molar-refractivity contribution in [2.75, 3.05) is 25.1 Å². The molecule has 92 valence electrons. The molecule has 0 aromatic heterocycles. The highest BCUT2D eigenvalue weighted by atomic mass is 32.2. The Morgan fingerprint density at radius 2 is 2.06 bits per heavy atom. The zero-order valence-electron chi connectivity index (χ0n) is 10.3. The maximum absolute atomic E-state index is 12.2. The summed E-state index contributed by atoms with van der Waals surface area (Å²) >= 11 is 1.93. The van der Waals surface area contributed by atoms with Crippen LogP contribution in [0.1, 0.15) is 38.5 Å². The van der Waals surface area contributed by atoms with Crippen LogP contribution in [0.15, 0.2) is 0 Å². The minimum absolute atomic E-state index is 0.209. The number of carbonyl (C=O) groups is 1. The van der Waals surface area contributed by atoms with E-state index in [-0.39, 0.29) is 6.04 Å². The lowest BCUT2D eigenvalue weighted by atomic mass is 9.85. The lowest BCUT2D eigenvalue weighted by molar-refractivity contribution is -0.124. The highest BCUT2D eigenvalue weighted by Gasteiger charge is 2.28. The van der Waals surface area contributed by atoms with Crippen molar-refractivity contribution in [3.63, 3.8) is 0 Å². The summed E-state index contributed by atoms with van der Waals surface area (Å²) in [4.78, 5) is 14.5. The largest absolute Gasteiger partial charge is 0.298 e. The van der Waals surface area contributed by atoms with Crippen LogP contribution in [0.3, 0.4) is 0 Å². The third-order valence-corrected chi connectivity index (χ3v) is 5.01. The molecule has 2 fully saturated rings. The van der Waals surface area contributed by atoms with Crippen molar-refractivity contribution >= 4 is 17.5 Å². The Bertz CT molecular complexity index is 238.